The molecule has 4 nitrogen and oxygen atoms in total. The summed E-state index contributed by atoms with van der Waals surface area (Å²) in [6.07, 6.45) is 3.00. The van der Waals surface area contributed by atoms with Crippen molar-refractivity contribution in [3.63, 3.8) is 0 Å². The number of rotatable bonds is 4. The molecule has 1 amide bonds. The minimum atomic E-state index is -0.467. The Bertz CT molecular complexity index is 777. The second-order valence-corrected chi connectivity index (χ2v) is 6.66. The van der Waals surface area contributed by atoms with Gasteiger partial charge in [-0.2, -0.15) is 0 Å². The largest absolute Gasteiger partial charge is 0.452 e. The zero-order valence-corrected chi connectivity index (χ0v) is 14.7. The maximum atomic E-state index is 12.2. The van der Waals surface area contributed by atoms with Crippen molar-refractivity contribution in [2.45, 2.75) is 39.2 Å². The normalized spacial score (nSPS) is 16.0. The Kier molecular flexibility index (Phi) is 5.17. The van der Waals surface area contributed by atoms with E-state index in [-0.39, 0.29) is 18.6 Å². The number of ether oxygens (including phenoxy) is 1. The molecular formula is C21H23NO3. The van der Waals surface area contributed by atoms with Gasteiger partial charge in [0, 0.05) is 0 Å². The number of fused-ring (bicyclic) bond motifs is 1. The van der Waals surface area contributed by atoms with Gasteiger partial charge in [0.15, 0.2) is 6.61 Å². The van der Waals surface area contributed by atoms with E-state index < -0.39 is 5.97 Å². The van der Waals surface area contributed by atoms with Crippen LogP contribution in [0.4, 0.5) is 0 Å². The average Bonchev–Trinajstić information content (AvgIpc) is 2.59. The lowest BCUT2D eigenvalue weighted by molar-refractivity contribution is -0.125. The molecular weight excluding hydrogens is 314 g/mol. The van der Waals surface area contributed by atoms with E-state index in [0.717, 1.165) is 30.4 Å². The van der Waals surface area contributed by atoms with Gasteiger partial charge in [0.05, 0.1) is 11.6 Å². The van der Waals surface area contributed by atoms with Crippen molar-refractivity contribution in [1.82, 2.24) is 5.32 Å². The summed E-state index contributed by atoms with van der Waals surface area (Å²) in [6, 6.07) is 13.7. The van der Waals surface area contributed by atoms with Crippen LogP contribution in [-0.2, 0) is 16.0 Å². The molecule has 0 aliphatic heterocycles. The van der Waals surface area contributed by atoms with Gasteiger partial charge in [0.1, 0.15) is 0 Å². The summed E-state index contributed by atoms with van der Waals surface area (Å²) >= 11 is 0. The third-order valence-electron chi connectivity index (χ3n) is 4.50. The van der Waals surface area contributed by atoms with E-state index in [1.54, 1.807) is 12.1 Å². The van der Waals surface area contributed by atoms with E-state index in [2.05, 4.69) is 17.4 Å². The van der Waals surface area contributed by atoms with Gasteiger partial charge in [0.2, 0.25) is 0 Å². The molecule has 0 spiro atoms. The number of hydrogen-bond acceptors (Lipinski definition) is 3. The lowest BCUT2D eigenvalue weighted by Gasteiger charge is -2.26. The third kappa shape index (κ3) is 4.27. The Morgan fingerprint density at radius 1 is 1.12 bits per heavy atom. The monoisotopic (exact) mass is 337 g/mol. The van der Waals surface area contributed by atoms with Gasteiger partial charge in [-0.25, -0.2) is 4.79 Å². The summed E-state index contributed by atoms with van der Waals surface area (Å²) in [5.41, 5.74) is 4.92. The van der Waals surface area contributed by atoms with Crippen molar-refractivity contribution < 1.29 is 14.3 Å². The molecule has 3 rings (SSSR count). The third-order valence-corrected chi connectivity index (χ3v) is 4.50. The summed E-state index contributed by atoms with van der Waals surface area (Å²) in [5.74, 6) is -0.731. The molecule has 1 N–H and O–H groups in total. The summed E-state index contributed by atoms with van der Waals surface area (Å²) in [5, 5.41) is 2.99. The number of carbonyl (C=O) groups excluding carboxylic acids is 2. The van der Waals surface area contributed by atoms with Crippen molar-refractivity contribution in [1.29, 1.82) is 0 Å². The van der Waals surface area contributed by atoms with Crippen molar-refractivity contribution in [3.05, 3.63) is 70.3 Å². The number of aryl methyl sites for hydroxylation is 3. The predicted octanol–water partition coefficient (Wildman–Crippen LogP) is 3.65. The summed E-state index contributed by atoms with van der Waals surface area (Å²) in [4.78, 5) is 24.3. The molecule has 0 bridgehead atoms. The number of hydrogen-bond donors (Lipinski definition) is 1. The standard InChI is InChI=1S/C21H23NO3/c1-14-10-15(2)12-17(11-14)21(24)25-13-20(23)22-19-9-5-7-16-6-3-4-8-18(16)19/h3-4,6,8,10-12,19H,5,7,9,13H2,1-2H3,(H,22,23). The highest BCUT2D eigenvalue weighted by Gasteiger charge is 2.22. The number of amides is 1. The lowest BCUT2D eigenvalue weighted by atomic mass is 9.88. The Labute approximate surface area is 148 Å². The number of benzene rings is 2. The molecule has 1 aliphatic rings. The second-order valence-electron chi connectivity index (χ2n) is 6.66. The fourth-order valence-corrected chi connectivity index (χ4v) is 3.45. The molecule has 25 heavy (non-hydrogen) atoms. The number of nitrogens with one attached hydrogen (secondary N) is 1. The Balaban J connectivity index is 1.58. The van der Waals surface area contributed by atoms with Crippen molar-refractivity contribution in [3.8, 4) is 0 Å². The predicted molar refractivity (Wildman–Crippen MR) is 96.5 cm³/mol. The van der Waals surface area contributed by atoms with Crippen LogP contribution < -0.4 is 5.32 Å². The number of esters is 1. The second kappa shape index (κ2) is 7.51. The molecule has 0 radical (unpaired) electrons. The summed E-state index contributed by atoms with van der Waals surface area (Å²) in [7, 11) is 0. The van der Waals surface area contributed by atoms with Gasteiger partial charge in [-0.3, -0.25) is 4.79 Å². The summed E-state index contributed by atoms with van der Waals surface area (Å²) in [6.45, 7) is 3.60. The van der Waals surface area contributed by atoms with Gasteiger partial charge in [-0.1, -0.05) is 41.5 Å². The quantitative estimate of drug-likeness (QED) is 0.867. The molecule has 0 saturated heterocycles. The van der Waals surface area contributed by atoms with Crippen LogP contribution in [0.15, 0.2) is 42.5 Å². The van der Waals surface area contributed by atoms with Crippen LogP contribution in [0.3, 0.4) is 0 Å². The van der Waals surface area contributed by atoms with Crippen LogP contribution >= 0.6 is 0 Å². The van der Waals surface area contributed by atoms with Crippen LogP contribution in [0.5, 0.6) is 0 Å². The molecule has 2 aromatic carbocycles. The zero-order chi connectivity index (χ0) is 17.8. The van der Waals surface area contributed by atoms with Crippen LogP contribution in [0.2, 0.25) is 0 Å². The highest BCUT2D eigenvalue weighted by Crippen LogP contribution is 2.29. The fraction of sp³-hybridized carbons (Fsp3) is 0.333. The van der Waals surface area contributed by atoms with Crippen molar-refractivity contribution >= 4 is 11.9 Å². The summed E-state index contributed by atoms with van der Waals surface area (Å²) < 4.78 is 5.18. The van der Waals surface area contributed by atoms with Gasteiger partial charge < -0.3 is 10.1 Å². The van der Waals surface area contributed by atoms with Crippen LogP contribution in [0, 0.1) is 13.8 Å². The van der Waals surface area contributed by atoms with Gasteiger partial charge in [-0.05, 0) is 56.4 Å². The molecule has 1 atom stereocenters. The topological polar surface area (TPSA) is 55.4 Å². The zero-order valence-electron chi connectivity index (χ0n) is 14.7. The molecule has 4 heteroatoms. The highest BCUT2D eigenvalue weighted by atomic mass is 16.5. The first-order chi connectivity index (χ1) is 12.0. The van der Waals surface area contributed by atoms with Gasteiger partial charge in [0.25, 0.3) is 5.91 Å². The van der Waals surface area contributed by atoms with Crippen molar-refractivity contribution in [2.24, 2.45) is 0 Å². The molecule has 2 aromatic rings. The van der Waals surface area contributed by atoms with Crippen LogP contribution in [-0.4, -0.2) is 18.5 Å². The maximum absolute atomic E-state index is 12.2. The minimum Gasteiger partial charge on any atom is -0.452 e. The first-order valence-electron chi connectivity index (χ1n) is 8.65. The average molecular weight is 337 g/mol. The number of carbonyl (C=O) groups is 2. The van der Waals surface area contributed by atoms with E-state index in [1.807, 2.05) is 32.0 Å². The Morgan fingerprint density at radius 3 is 2.60 bits per heavy atom. The molecule has 1 aliphatic carbocycles. The van der Waals surface area contributed by atoms with E-state index in [4.69, 9.17) is 4.74 Å². The van der Waals surface area contributed by atoms with Crippen molar-refractivity contribution in [2.75, 3.05) is 6.61 Å². The first-order valence-corrected chi connectivity index (χ1v) is 8.65. The smallest absolute Gasteiger partial charge is 0.338 e. The van der Waals surface area contributed by atoms with Gasteiger partial charge in [-0.15, -0.1) is 0 Å². The van der Waals surface area contributed by atoms with E-state index >= 15 is 0 Å². The molecule has 0 heterocycles. The Morgan fingerprint density at radius 2 is 1.84 bits per heavy atom. The molecule has 0 saturated carbocycles. The van der Waals surface area contributed by atoms with E-state index in [9.17, 15) is 9.59 Å². The molecule has 0 fully saturated rings. The molecule has 130 valence electrons. The lowest BCUT2D eigenvalue weighted by Crippen LogP contribution is -2.34. The first kappa shape index (κ1) is 17.2. The Hall–Kier alpha value is -2.62. The highest BCUT2D eigenvalue weighted by molar-refractivity contribution is 5.91. The molecule has 1 unspecified atom stereocenters. The van der Waals surface area contributed by atoms with Gasteiger partial charge >= 0.3 is 5.97 Å². The molecule has 0 aromatic heterocycles. The maximum Gasteiger partial charge on any atom is 0.338 e. The fourth-order valence-electron chi connectivity index (χ4n) is 3.45. The minimum absolute atomic E-state index is 0.00244. The SMILES string of the molecule is Cc1cc(C)cc(C(=O)OCC(=O)NC2CCCc3ccccc32)c1. The van der Waals surface area contributed by atoms with E-state index in [1.165, 1.54) is 11.1 Å². The van der Waals surface area contributed by atoms with E-state index in [0.29, 0.717) is 5.56 Å². The van der Waals surface area contributed by atoms with Crippen LogP contribution in [0.1, 0.15) is 51.5 Å². The van der Waals surface area contributed by atoms with Crippen LogP contribution in [0.25, 0.3) is 0 Å².